The van der Waals surface area contributed by atoms with E-state index < -0.39 is 18.2 Å². The van der Waals surface area contributed by atoms with Crippen LogP contribution in [0.3, 0.4) is 0 Å². The van der Waals surface area contributed by atoms with Gasteiger partial charge in [-0.05, 0) is 5.56 Å². The number of nitrogens with zero attached hydrogens (tertiary/aromatic N) is 2. The molecule has 9 heteroatoms. The predicted octanol–water partition coefficient (Wildman–Crippen LogP) is 5.63. The average molecular weight is 491 g/mol. The molecule has 1 aromatic heterocycles. The Kier molecular flexibility index (Phi) is 7.39. The second kappa shape index (κ2) is 10.8. The second-order valence-electron chi connectivity index (χ2n) is 7.74. The fourth-order valence-electron chi connectivity index (χ4n) is 3.45. The van der Waals surface area contributed by atoms with Gasteiger partial charge in [0.25, 0.3) is 0 Å². The molecule has 0 aliphatic carbocycles. The number of hydrogen-bond donors (Lipinski definition) is 1. The van der Waals surface area contributed by atoms with Crippen LogP contribution in [0.5, 0.6) is 0 Å². The van der Waals surface area contributed by atoms with Crippen LogP contribution in [0, 0.1) is 0 Å². The number of alkyl halides is 3. The van der Waals surface area contributed by atoms with Crippen molar-refractivity contribution in [2.24, 2.45) is 0 Å². The maximum atomic E-state index is 12.8. The molecule has 1 heterocycles. The summed E-state index contributed by atoms with van der Waals surface area (Å²) in [6.07, 6.45) is -5.00. The van der Waals surface area contributed by atoms with Gasteiger partial charge in [0.05, 0.1) is 12.2 Å². The van der Waals surface area contributed by atoms with Crippen LogP contribution < -0.4 is 5.32 Å². The van der Waals surface area contributed by atoms with E-state index in [1.165, 1.54) is 6.33 Å². The number of ketones is 1. The van der Waals surface area contributed by atoms with Crippen LogP contribution in [0.15, 0.2) is 97.3 Å². The Labute approximate surface area is 204 Å². The molecule has 0 aliphatic rings. The van der Waals surface area contributed by atoms with Crippen molar-refractivity contribution < 1.29 is 27.5 Å². The zero-order chi connectivity index (χ0) is 25.5. The monoisotopic (exact) mass is 491 g/mol. The first-order valence-corrected chi connectivity index (χ1v) is 10.9. The number of esters is 1. The average Bonchev–Trinajstić information content (AvgIpc) is 2.91. The summed E-state index contributed by atoms with van der Waals surface area (Å²) in [6.45, 7) is -0.146. The van der Waals surface area contributed by atoms with Crippen LogP contribution in [0.1, 0.15) is 27.6 Å². The Hall–Kier alpha value is -4.53. The summed E-state index contributed by atoms with van der Waals surface area (Å²) in [4.78, 5) is 32.4. The highest BCUT2D eigenvalue weighted by Crippen LogP contribution is 2.25. The number of ether oxygens (including phenoxy) is 1. The molecule has 0 aliphatic heterocycles. The summed E-state index contributed by atoms with van der Waals surface area (Å²) in [7, 11) is 0. The summed E-state index contributed by atoms with van der Waals surface area (Å²) >= 11 is 0. The summed E-state index contributed by atoms with van der Waals surface area (Å²) in [6, 6.07) is 25.5. The molecule has 0 fully saturated rings. The van der Waals surface area contributed by atoms with Crippen molar-refractivity contribution in [3.05, 3.63) is 114 Å². The van der Waals surface area contributed by atoms with E-state index in [0.29, 0.717) is 33.8 Å². The zero-order valence-electron chi connectivity index (χ0n) is 18.8. The van der Waals surface area contributed by atoms with E-state index in [2.05, 4.69) is 15.3 Å². The molecule has 6 nitrogen and oxygen atoms in total. The molecule has 1 atom stereocenters. The maximum absolute atomic E-state index is 12.8. The molecule has 0 amide bonds. The van der Waals surface area contributed by atoms with Crippen LogP contribution in [-0.4, -0.2) is 34.4 Å². The molecule has 0 unspecified atom stereocenters. The van der Waals surface area contributed by atoms with Crippen LogP contribution in [0.2, 0.25) is 0 Å². The fourth-order valence-corrected chi connectivity index (χ4v) is 3.45. The van der Waals surface area contributed by atoms with Gasteiger partial charge in [-0.15, -0.1) is 0 Å². The topological polar surface area (TPSA) is 81.2 Å². The summed E-state index contributed by atoms with van der Waals surface area (Å²) in [5, 5.41) is 2.91. The molecule has 182 valence electrons. The number of carbonyl (C=O) groups is 2. The second-order valence-corrected chi connectivity index (χ2v) is 7.74. The summed E-state index contributed by atoms with van der Waals surface area (Å²) < 4.78 is 43.0. The highest BCUT2D eigenvalue weighted by molar-refractivity contribution is 6.09. The number of halogens is 3. The molecular formula is C27H20F3N3O3. The zero-order valence-corrected chi connectivity index (χ0v) is 18.8. The van der Waals surface area contributed by atoms with Crippen molar-refractivity contribution in [2.75, 3.05) is 11.9 Å². The van der Waals surface area contributed by atoms with Gasteiger partial charge < -0.3 is 10.1 Å². The van der Waals surface area contributed by atoms with E-state index in [1.807, 2.05) is 6.07 Å². The first-order valence-electron chi connectivity index (χ1n) is 10.9. The van der Waals surface area contributed by atoms with E-state index >= 15 is 0 Å². The van der Waals surface area contributed by atoms with Crippen LogP contribution in [0.25, 0.3) is 11.3 Å². The van der Waals surface area contributed by atoms with Gasteiger partial charge in [0.2, 0.25) is 0 Å². The van der Waals surface area contributed by atoms with Gasteiger partial charge >= 0.3 is 12.1 Å². The first-order chi connectivity index (χ1) is 17.3. The van der Waals surface area contributed by atoms with Crippen LogP contribution in [0.4, 0.5) is 19.0 Å². The number of aromatic nitrogens is 2. The Bertz CT molecular complexity index is 1330. The molecule has 4 aromatic rings. The number of rotatable bonds is 8. The minimum atomic E-state index is -5.11. The normalized spacial score (nSPS) is 12.0. The molecule has 0 saturated heterocycles. The molecule has 0 bridgehead atoms. The number of carbonyl (C=O) groups excluding carboxylic acids is 2. The van der Waals surface area contributed by atoms with Crippen LogP contribution in [-0.2, 0) is 9.53 Å². The number of hydrogen-bond acceptors (Lipinski definition) is 6. The molecule has 0 saturated carbocycles. The number of anilines is 1. The van der Waals surface area contributed by atoms with Gasteiger partial charge in [-0.1, -0.05) is 84.9 Å². The van der Waals surface area contributed by atoms with Gasteiger partial charge in [-0.3, -0.25) is 4.79 Å². The molecule has 0 radical (unpaired) electrons. The molecule has 0 spiro atoms. The highest BCUT2D eigenvalue weighted by atomic mass is 19.4. The maximum Gasteiger partial charge on any atom is 0.490 e. The third kappa shape index (κ3) is 6.12. The minimum Gasteiger partial charge on any atom is -0.449 e. The van der Waals surface area contributed by atoms with Gasteiger partial charge in [0.1, 0.15) is 18.2 Å². The Morgan fingerprint density at radius 1 is 0.833 bits per heavy atom. The molecule has 1 N–H and O–H groups in total. The number of nitrogens with one attached hydrogen (secondary N) is 1. The lowest BCUT2D eigenvalue weighted by atomic mass is 10.0. The molecule has 4 rings (SSSR count). The minimum absolute atomic E-state index is 0.104. The van der Waals surface area contributed by atoms with E-state index in [9.17, 15) is 22.8 Å². The largest absolute Gasteiger partial charge is 0.490 e. The van der Waals surface area contributed by atoms with Crippen molar-refractivity contribution in [2.45, 2.75) is 12.3 Å². The fraction of sp³-hybridized carbons (Fsp3) is 0.111. The Morgan fingerprint density at radius 2 is 1.44 bits per heavy atom. The standard InChI is InChI=1S/C27H20F3N3O3/c28-27(29,30)26(35)36-23(19-7-3-1-4-8-19)16-31-24-15-22(32-17-33-24)18-11-13-21(14-12-18)25(34)20-9-5-2-6-10-20/h1-15,17,23H,16H2,(H,31,32,33)/t23-/m1/s1. The van der Waals surface area contributed by atoms with Gasteiger partial charge in [0, 0.05) is 22.8 Å². The first kappa shape index (κ1) is 24.6. The third-order valence-electron chi connectivity index (χ3n) is 5.27. The van der Waals surface area contributed by atoms with E-state index in [0.717, 1.165) is 0 Å². The van der Waals surface area contributed by atoms with Crippen LogP contribution >= 0.6 is 0 Å². The molecule has 36 heavy (non-hydrogen) atoms. The highest BCUT2D eigenvalue weighted by Gasteiger charge is 2.42. The van der Waals surface area contributed by atoms with Gasteiger partial charge in [-0.25, -0.2) is 14.8 Å². The third-order valence-corrected chi connectivity index (χ3v) is 5.27. The van der Waals surface area contributed by atoms with E-state index in [-0.39, 0.29) is 12.3 Å². The predicted molar refractivity (Wildman–Crippen MR) is 127 cm³/mol. The molecular weight excluding hydrogens is 471 g/mol. The van der Waals surface area contributed by atoms with Crippen molar-refractivity contribution in [1.29, 1.82) is 0 Å². The lowest BCUT2D eigenvalue weighted by molar-refractivity contribution is -0.204. The van der Waals surface area contributed by atoms with Crippen molar-refractivity contribution >= 4 is 17.6 Å². The van der Waals surface area contributed by atoms with Crippen molar-refractivity contribution in [3.63, 3.8) is 0 Å². The lowest BCUT2D eigenvalue weighted by Crippen LogP contribution is -2.29. The Balaban J connectivity index is 1.48. The summed E-state index contributed by atoms with van der Waals surface area (Å²) in [5.41, 5.74) is 2.76. The van der Waals surface area contributed by atoms with E-state index in [4.69, 9.17) is 4.74 Å². The number of benzene rings is 3. The smallest absolute Gasteiger partial charge is 0.449 e. The Morgan fingerprint density at radius 3 is 2.08 bits per heavy atom. The van der Waals surface area contributed by atoms with E-state index in [1.54, 1.807) is 84.9 Å². The summed E-state index contributed by atoms with van der Waals surface area (Å²) in [5.74, 6) is -2.05. The van der Waals surface area contributed by atoms with Gasteiger partial charge in [-0.2, -0.15) is 13.2 Å². The SMILES string of the molecule is O=C(c1ccccc1)c1ccc(-c2cc(NC[C@@H](OC(=O)C(F)(F)F)c3ccccc3)ncn2)cc1. The lowest BCUT2D eigenvalue weighted by Gasteiger charge is -2.20. The molecule has 3 aromatic carbocycles. The van der Waals surface area contributed by atoms with Crippen molar-refractivity contribution in [1.82, 2.24) is 9.97 Å². The van der Waals surface area contributed by atoms with Gasteiger partial charge in [0.15, 0.2) is 5.78 Å². The van der Waals surface area contributed by atoms with Crippen molar-refractivity contribution in [3.8, 4) is 11.3 Å². The quantitative estimate of drug-likeness (QED) is 0.254.